The highest BCUT2D eigenvalue weighted by molar-refractivity contribution is 7.13. The van der Waals surface area contributed by atoms with E-state index in [0.717, 1.165) is 11.3 Å². The smallest absolute Gasteiger partial charge is 0.275 e. The Morgan fingerprint density at radius 2 is 1.70 bits per heavy atom. The van der Waals surface area contributed by atoms with Crippen LogP contribution in [0.1, 0.15) is 20.8 Å². The van der Waals surface area contributed by atoms with E-state index in [0.29, 0.717) is 16.3 Å². The van der Waals surface area contributed by atoms with Crippen LogP contribution in [0.15, 0.2) is 60.0 Å². The summed E-state index contributed by atoms with van der Waals surface area (Å²) in [4.78, 5) is 27.6. The van der Waals surface area contributed by atoms with Crippen molar-refractivity contribution in [1.82, 2.24) is 4.98 Å². The number of nitrogens with two attached hydrogens (primary N) is 1. The van der Waals surface area contributed by atoms with Crippen molar-refractivity contribution in [3.63, 3.8) is 0 Å². The van der Waals surface area contributed by atoms with Gasteiger partial charge in [0.05, 0.1) is 0 Å². The molecular weight excluding hydrogens is 310 g/mol. The van der Waals surface area contributed by atoms with Crippen molar-refractivity contribution in [2.75, 3.05) is 5.32 Å². The average molecular weight is 323 g/mol. The second-order valence-electron chi connectivity index (χ2n) is 4.80. The fraction of sp³-hybridized carbons (Fsp3) is 0. The molecule has 2 amide bonds. The van der Waals surface area contributed by atoms with Gasteiger partial charge in [-0.2, -0.15) is 0 Å². The lowest BCUT2D eigenvalue weighted by Crippen LogP contribution is -2.12. The molecule has 5 nitrogen and oxygen atoms in total. The summed E-state index contributed by atoms with van der Waals surface area (Å²) in [5, 5.41) is 5.20. The number of carbonyl (C=O) groups excluding carboxylic acids is 2. The number of para-hydroxylation sites is 1. The molecule has 3 N–H and O–H groups in total. The van der Waals surface area contributed by atoms with E-state index in [1.165, 1.54) is 11.3 Å². The van der Waals surface area contributed by atoms with Crippen LogP contribution in [0.2, 0.25) is 0 Å². The highest BCUT2D eigenvalue weighted by atomic mass is 32.1. The minimum atomic E-state index is -0.474. The van der Waals surface area contributed by atoms with Crippen LogP contribution in [0.5, 0.6) is 0 Å². The van der Waals surface area contributed by atoms with Crippen molar-refractivity contribution in [3.8, 4) is 10.6 Å². The number of carbonyl (C=O) groups is 2. The molecule has 0 saturated carbocycles. The minimum Gasteiger partial charge on any atom is -0.366 e. The third kappa shape index (κ3) is 3.44. The van der Waals surface area contributed by atoms with E-state index in [-0.39, 0.29) is 5.91 Å². The van der Waals surface area contributed by atoms with Gasteiger partial charge in [0.15, 0.2) is 0 Å². The Kier molecular flexibility index (Phi) is 4.16. The molecule has 3 rings (SSSR count). The van der Waals surface area contributed by atoms with Crippen molar-refractivity contribution in [2.24, 2.45) is 5.73 Å². The molecule has 0 atom stereocenters. The van der Waals surface area contributed by atoms with Crippen molar-refractivity contribution in [1.29, 1.82) is 0 Å². The van der Waals surface area contributed by atoms with Crippen molar-refractivity contribution in [2.45, 2.75) is 0 Å². The molecule has 6 heteroatoms. The summed E-state index contributed by atoms with van der Waals surface area (Å²) in [7, 11) is 0. The Hall–Kier alpha value is -2.99. The van der Waals surface area contributed by atoms with Gasteiger partial charge >= 0.3 is 0 Å². The first kappa shape index (κ1) is 14.9. The second kappa shape index (κ2) is 6.41. The summed E-state index contributed by atoms with van der Waals surface area (Å²) in [6.07, 6.45) is 0. The highest BCUT2D eigenvalue weighted by Gasteiger charge is 2.12. The zero-order valence-corrected chi connectivity index (χ0v) is 12.8. The molecule has 0 unspecified atom stereocenters. The van der Waals surface area contributed by atoms with Crippen LogP contribution in [0, 0.1) is 0 Å². The number of nitrogens with one attached hydrogen (secondary N) is 1. The van der Waals surface area contributed by atoms with Gasteiger partial charge in [0, 0.05) is 22.2 Å². The number of rotatable bonds is 4. The molecule has 23 heavy (non-hydrogen) atoms. The van der Waals surface area contributed by atoms with Crippen LogP contribution in [0.4, 0.5) is 5.69 Å². The van der Waals surface area contributed by atoms with Gasteiger partial charge in [0.25, 0.3) is 5.91 Å². The SMILES string of the molecule is NC(=O)c1ccc(-c2nc(C(=O)Nc3ccccc3)cs2)cc1. The van der Waals surface area contributed by atoms with E-state index in [2.05, 4.69) is 10.3 Å². The maximum atomic E-state index is 12.2. The van der Waals surface area contributed by atoms with Crippen molar-refractivity contribution >= 4 is 28.8 Å². The van der Waals surface area contributed by atoms with Gasteiger partial charge in [0.1, 0.15) is 10.7 Å². The second-order valence-corrected chi connectivity index (χ2v) is 5.66. The topological polar surface area (TPSA) is 85.1 Å². The molecule has 3 aromatic rings. The standard InChI is InChI=1S/C17H13N3O2S/c18-15(21)11-6-8-12(9-7-11)17-20-14(10-23-17)16(22)19-13-4-2-1-3-5-13/h1-10H,(H2,18,21)(H,19,22). The van der Waals surface area contributed by atoms with Crippen LogP contribution in [-0.4, -0.2) is 16.8 Å². The first-order valence-electron chi connectivity index (χ1n) is 6.85. The molecule has 0 fully saturated rings. The number of thiazole rings is 1. The fourth-order valence-corrected chi connectivity index (χ4v) is 2.81. The average Bonchev–Trinajstić information content (AvgIpc) is 3.06. The molecule has 1 heterocycles. The lowest BCUT2D eigenvalue weighted by Gasteiger charge is -2.02. The summed E-state index contributed by atoms with van der Waals surface area (Å²) in [5.41, 5.74) is 7.56. The summed E-state index contributed by atoms with van der Waals surface area (Å²) in [6, 6.07) is 16.0. The number of hydrogen-bond donors (Lipinski definition) is 2. The monoisotopic (exact) mass is 323 g/mol. The Morgan fingerprint density at radius 1 is 1.00 bits per heavy atom. The number of anilines is 1. The molecule has 0 bridgehead atoms. The number of hydrogen-bond acceptors (Lipinski definition) is 4. The minimum absolute atomic E-state index is 0.257. The largest absolute Gasteiger partial charge is 0.366 e. The van der Waals surface area contributed by atoms with Crippen molar-refractivity contribution < 1.29 is 9.59 Å². The Morgan fingerprint density at radius 3 is 2.35 bits per heavy atom. The van der Waals surface area contributed by atoms with Crippen LogP contribution in [0.25, 0.3) is 10.6 Å². The van der Waals surface area contributed by atoms with E-state index in [1.54, 1.807) is 29.6 Å². The van der Waals surface area contributed by atoms with E-state index in [9.17, 15) is 9.59 Å². The third-order valence-corrected chi connectivity index (χ3v) is 4.08. The molecule has 0 saturated heterocycles. The molecule has 0 aliphatic carbocycles. The Labute approximate surface area is 136 Å². The van der Waals surface area contributed by atoms with E-state index < -0.39 is 5.91 Å². The molecular formula is C17H13N3O2S. The van der Waals surface area contributed by atoms with Gasteiger partial charge < -0.3 is 11.1 Å². The summed E-state index contributed by atoms with van der Waals surface area (Å²) >= 11 is 1.37. The first-order chi connectivity index (χ1) is 11.1. The fourth-order valence-electron chi connectivity index (χ4n) is 2.00. The van der Waals surface area contributed by atoms with Gasteiger partial charge in [-0.15, -0.1) is 11.3 Å². The number of aromatic nitrogens is 1. The Bertz CT molecular complexity index is 842. The molecule has 0 aliphatic rings. The lowest BCUT2D eigenvalue weighted by molar-refractivity contribution is 0.0997. The summed E-state index contributed by atoms with van der Waals surface area (Å²) < 4.78 is 0. The summed E-state index contributed by atoms with van der Waals surface area (Å²) in [5.74, 6) is -0.730. The van der Waals surface area contributed by atoms with Crippen LogP contribution in [0.3, 0.4) is 0 Å². The molecule has 2 aromatic carbocycles. The highest BCUT2D eigenvalue weighted by Crippen LogP contribution is 2.24. The maximum Gasteiger partial charge on any atom is 0.275 e. The number of primary amides is 1. The van der Waals surface area contributed by atoms with E-state index >= 15 is 0 Å². The molecule has 0 aliphatic heterocycles. The molecule has 0 radical (unpaired) electrons. The number of benzene rings is 2. The normalized spacial score (nSPS) is 10.3. The van der Waals surface area contributed by atoms with Crippen LogP contribution < -0.4 is 11.1 Å². The third-order valence-electron chi connectivity index (χ3n) is 3.18. The molecule has 1 aromatic heterocycles. The number of nitrogens with zero attached hydrogens (tertiary/aromatic N) is 1. The van der Waals surface area contributed by atoms with Crippen LogP contribution >= 0.6 is 11.3 Å². The lowest BCUT2D eigenvalue weighted by atomic mass is 10.1. The van der Waals surface area contributed by atoms with Gasteiger partial charge in [-0.1, -0.05) is 30.3 Å². The van der Waals surface area contributed by atoms with Crippen molar-refractivity contribution in [3.05, 3.63) is 71.2 Å². The molecule has 114 valence electrons. The quantitative estimate of drug-likeness (QED) is 0.773. The summed E-state index contributed by atoms with van der Waals surface area (Å²) in [6.45, 7) is 0. The number of amides is 2. The van der Waals surface area contributed by atoms with Gasteiger partial charge in [-0.25, -0.2) is 4.98 Å². The molecule has 0 spiro atoms. The van der Waals surface area contributed by atoms with E-state index in [4.69, 9.17) is 5.73 Å². The van der Waals surface area contributed by atoms with Gasteiger partial charge in [0.2, 0.25) is 5.91 Å². The van der Waals surface area contributed by atoms with Gasteiger partial charge in [-0.3, -0.25) is 9.59 Å². The first-order valence-corrected chi connectivity index (χ1v) is 7.73. The zero-order valence-electron chi connectivity index (χ0n) is 12.0. The van der Waals surface area contributed by atoms with E-state index in [1.807, 2.05) is 30.3 Å². The zero-order chi connectivity index (χ0) is 16.2. The predicted octanol–water partition coefficient (Wildman–Crippen LogP) is 3.16. The van der Waals surface area contributed by atoms with Crippen LogP contribution in [-0.2, 0) is 0 Å². The maximum absolute atomic E-state index is 12.2. The van der Waals surface area contributed by atoms with Gasteiger partial charge in [-0.05, 0) is 24.3 Å². The predicted molar refractivity (Wildman–Crippen MR) is 90.5 cm³/mol. The Balaban J connectivity index is 1.77.